The number of nitrogens with zero attached hydrogens (tertiary/aromatic N) is 3. The van der Waals surface area contributed by atoms with E-state index in [-0.39, 0.29) is 6.04 Å². The van der Waals surface area contributed by atoms with E-state index in [1.807, 2.05) is 56.3 Å². The van der Waals surface area contributed by atoms with E-state index < -0.39 is 18.5 Å². The zero-order chi connectivity index (χ0) is 22.7. The zero-order valence-corrected chi connectivity index (χ0v) is 19.2. The Bertz CT molecular complexity index is 1290. The number of nitrogens with one attached hydrogen (secondary N) is 1. The van der Waals surface area contributed by atoms with Crippen LogP contribution in [0.5, 0.6) is 0 Å². The molecule has 7 nitrogen and oxygen atoms in total. The molecule has 32 heavy (non-hydrogen) atoms. The number of carbonyl (C=O) groups excluding carboxylic acids is 2. The van der Waals surface area contributed by atoms with E-state index in [1.165, 1.54) is 0 Å². The number of benzene rings is 2. The maximum absolute atomic E-state index is 13.0. The third-order valence-corrected chi connectivity index (χ3v) is 5.52. The Labute approximate surface area is 193 Å². The molecule has 0 saturated heterocycles. The second-order valence-electron chi connectivity index (χ2n) is 7.45. The van der Waals surface area contributed by atoms with Gasteiger partial charge < -0.3 is 10.1 Å². The monoisotopic (exact) mass is 492 g/mol. The van der Waals surface area contributed by atoms with Gasteiger partial charge in [0.05, 0.1) is 28.5 Å². The molecule has 0 bridgehead atoms. The van der Waals surface area contributed by atoms with Crippen LogP contribution in [0, 0.1) is 0 Å². The number of para-hydroxylation sites is 1. The van der Waals surface area contributed by atoms with Crippen LogP contribution >= 0.6 is 15.9 Å². The van der Waals surface area contributed by atoms with Gasteiger partial charge in [-0.2, -0.15) is 5.10 Å². The molecule has 4 aromatic rings. The highest BCUT2D eigenvalue weighted by atomic mass is 79.9. The largest absolute Gasteiger partial charge is 0.452 e. The molecule has 0 aliphatic heterocycles. The molecule has 0 radical (unpaired) electrons. The number of pyridine rings is 1. The number of hydrogen-bond acceptors (Lipinski definition) is 5. The summed E-state index contributed by atoms with van der Waals surface area (Å²) in [6, 6.07) is 18.5. The van der Waals surface area contributed by atoms with Gasteiger partial charge in [-0.1, -0.05) is 42.5 Å². The van der Waals surface area contributed by atoms with E-state index in [2.05, 4.69) is 26.3 Å². The molecule has 0 unspecified atom stereocenters. The van der Waals surface area contributed by atoms with Crippen molar-refractivity contribution in [3.05, 3.63) is 76.9 Å². The highest BCUT2D eigenvalue weighted by molar-refractivity contribution is 9.10. The van der Waals surface area contributed by atoms with Gasteiger partial charge in [-0.25, -0.2) is 14.5 Å². The van der Waals surface area contributed by atoms with Gasteiger partial charge in [-0.05, 0) is 48.0 Å². The molecule has 4 rings (SSSR count). The minimum atomic E-state index is -0.611. The molecule has 1 amide bonds. The van der Waals surface area contributed by atoms with Crippen molar-refractivity contribution in [1.82, 2.24) is 14.8 Å². The van der Waals surface area contributed by atoms with Crippen molar-refractivity contribution in [1.29, 1.82) is 0 Å². The molecule has 2 aromatic heterocycles. The summed E-state index contributed by atoms with van der Waals surface area (Å²) in [6.07, 6.45) is 1.61. The lowest BCUT2D eigenvalue weighted by atomic mass is 10.1. The normalized spacial score (nSPS) is 11.0. The standard InChI is InChI=1S/C24H21BrN4O3/c1-15(2)29-23-18(13-26-29)17(12-21(28-23)16-8-4-3-5-9-16)24(31)32-14-22(30)27-20-11-7-6-10-19(20)25/h3-13,15H,14H2,1-2H3,(H,27,30). The number of esters is 1. The van der Waals surface area contributed by atoms with Gasteiger partial charge in [-0.15, -0.1) is 0 Å². The van der Waals surface area contributed by atoms with Crippen LogP contribution in [0.1, 0.15) is 30.2 Å². The molecule has 0 aliphatic rings. The van der Waals surface area contributed by atoms with Crippen LogP contribution in [0.3, 0.4) is 0 Å². The van der Waals surface area contributed by atoms with Gasteiger partial charge in [0.25, 0.3) is 5.91 Å². The summed E-state index contributed by atoms with van der Waals surface area (Å²) in [5, 5.41) is 7.69. The molecule has 162 valence electrons. The van der Waals surface area contributed by atoms with Crippen LogP contribution < -0.4 is 5.32 Å². The Morgan fingerprint density at radius 3 is 2.53 bits per heavy atom. The number of hydrogen-bond donors (Lipinski definition) is 1. The first kappa shape index (κ1) is 21.7. The summed E-state index contributed by atoms with van der Waals surface area (Å²) in [5.41, 5.74) is 3.00. The minimum absolute atomic E-state index is 0.0602. The lowest BCUT2D eigenvalue weighted by Crippen LogP contribution is -2.21. The number of carbonyl (C=O) groups is 2. The molecule has 1 N–H and O–H groups in total. The van der Waals surface area contributed by atoms with E-state index in [1.54, 1.807) is 29.1 Å². The van der Waals surface area contributed by atoms with E-state index >= 15 is 0 Å². The number of anilines is 1. The average molecular weight is 493 g/mol. The van der Waals surface area contributed by atoms with E-state index in [0.717, 1.165) is 10.0 Å². The molecule has 0 spiro atoms. The van der Waals surface area contributed by atoms with Gasteiger partial charge >= 0.3 is 5.97 Å². The number of halogens is 1. The maximum Gasteiger partial charge on any atom is 0.339 e. The highest BCUT2D eigenvalue weighted by Gasteiger charge is 2.20. The second kappa shape index (κ2) is 9.32. The molecule has 2 heterocycles. The Morgan fingerprint density at radius 1 is 1.09 bits per heavy atom. The number of ether oxygens (including phenoxy) is 1. The Hall–Kier alpha value is -3.52. The van der Waals surface area contributed by atoms with Crippen LogP contribution in [-0.4, -0.2) is 33.2 Å². The predicted octanol–water partition coefficient (Wildman–Crippen LogP) is 5.24. The number of amides is 1. The van der Waals surface area contributed by atoms with Gasteiger partial charge in [0.15, 0.2) is 12.3 Å². The quantitative estimate of drug-likeness (QED) is 0.372. The maximum atomic E-state index is 13.0. The van der Waals surface area contributed by atoms with Crippen LogP contribution in [0.15, 0.2) is 71.3 Å². The van der Waals surface area contributed by atoms with Crippen LogP contribution in [0.2, 0.25) is 0 Å². The summed E-state index contributed by atoms with van der Waals surface area (Å²) in [7, 11) is 0. The molecular formula is C24H21BrN4O3. The third kappa shape index (κ3) is 4.55. The summed E-state index contributed by atoms with van der Waals surface area (Å²) < 4.78 is 7.84. The smallest absolute Gasteiger partial charge is 0.339 e. The van der Waals surface area contributed by atoms with E-state index in [0.29, 0.717) is 28.0 Å². The van der Waals surface area contributed by atoms with Crippen LogP contribution in [0.25, 0.3) is 22.3 Å². The predicted molar refractivity (Wildman–Crippen MR) is 126 cm³/mol. The summed E-state index contributed by atoms with van der Waals surface area (Å²) >= 11 is 3.37. The Morgan fingerprint density at radius 2 is 1.81 bits per heavy atom. The molecule has 2 aromatic carbocycles. The van der Waals surface area contributed by atoms with Crippen molar-refractivity contribution in [2.45, 2.75) is 19.9 Å². The fraction of sp³-hybridized carbons (Fsp3) is 0.167. The van der Waals surface area contributed by atoms with Crippen molar-refractivity contribution in [2.24, 2.45) is 0 Å². The highest BCUT2D eigenvalue weighted by Crippen LogP contribution is 2.27. The molecule has 0 atom stereocenters. The molecular weight excluding hydrogens is 472 g/mol. The van der Waals surface area contributed by atoms with Gasteiger partial charge in [0, 0.05) is 16.1 Å². The zero-order valence-electron chi connectivity index (χ0n) is 17.6. The summed E-state index contributed by atoms with van der Waals surface area (Å²) in [5.74, 6) is -1.04. The van der Waals surface area contributed by atoms with Crippen molar-refractivity contribution in [2.75, 3.05) is 11.9 Å². The Kier molecular flexibility index (Phi) is 6.32. The van der Waals surface area contributed by atoms with Crippen molar-refractivity contribution in [3.8, 4) is 11.3 Å². The first-order chi connectivity index (χ1) is 15.4. The molecule has 0 aliphatic carbocycles. The Balaban J connectivity index is 1.61. The molecule has 0 saturated carbocycles. The minimum Gasteiger partial charge on any atom is -0.452 e. The van der Waals surface area contributed by atoms with Crippen molar-refractivity contribution < 1.29 is 14.3 Å². The van der Waals surface area contributed by atoms with Crippen LogP contribution in [0.4, 0.5) is 5.69 Å². The SMILES string of the molecule is CC(C)n1ncc2c(C(=O)OCC(=O)Nc3ccccc3Br)cc(-c3ccccc3)nc21. The first-order valence-electron chi connectivity index (χ1n) is 10.1. The lowest BCUT2D eigenvalue weighted by molar-refractivity contribution is -0.119. The van der Waals surface area contributed by atoms with Crippen molar-refractivity contribution >= 4 is 44.5 Å². The average Bonchev–Trinajstić information content (AvgIpc) is 3.23. The van der Waals surface area contributed by atoms with Gasteiger partial charge in [-0.3, -0.25) is 4.79 Å². The summed E-state index contributed by atoms with van der Waals surface area (Å²) in [4.78, 5) is 30.0. The second-order valence-corrected chi connectivity index (χ2v) is 8.30. The van der Waals surface area contributed by atoms with Gasteiger partial charge in [0.1, 0.15) is 0 Å². The molecule has 0 fully saturated rings. The van der Waals surface area contributed by atoms with Gasteiger partial charge in [0.2, 0.25) is 0 Å². The fourth-order valence-corrected chi connectivity index (χ4v) is 3.66. The number of rotatable bonds is 6. The van der Waals surface area contributed by atoms with Crippen molar-refractivity contribution in [3.63, 3.8) is 0 Å². The molecule has 8 heteroatoms. The number of fused-ring (bicyclic) bond motifs is 1. The third-order valence-electron chi connectivity index (χ3n) is 4.83. The van der Waals surface area contributed by atoms with E-state index in [4.69, 9.17) is 9.72 Å². The number of aromatic nitrogens is 3. The van der Waals surface area contributed by atoms with E-state index in [9.17, 15) is 9.59 Å². The first-order valence-corrected chi connectivity index (χ1v) is 10.9. The topological polar surface area (TPSA) is 86.1 Å². The lowest BCUT2D eigenvalue weighted by Gasteiger charge is -2.11. The summed E-state index contributed by atoms with van der Waals surface area (Å²) in [6.45, 7) is 3.57. The van der Waals surface area contributed by atoms with Crippen LogP contribution in [-0.2, 0) is 9.53 Å². The fourth-order valence-electron chi connectivity index (χ4n) is 3.28.